The number of anilines is 1. The molecule has 6 heteroatoms. The number of pyridine rings is 1. The molecule has 2 aliphatic rings. The fourth-order valence-electron chi connectivity index (χ4n) is 4.13. The number of aromatic nitrogens is 1. The molecule has 1 aromatic carbocycles. The highest BCUT2D eigenvalue weighted by atomic mass is 16.5. The van der Waals surface area contributed by atoms with Crippen molar-refractivity contribution in [1.29, 1.82) is 0 Å². The van der Waals surface area contributed by atoms with Crippen molar-refractivity contribution in [2.75, 3.05) is 18.4 Å². The quantitative estimate of drug-likeness (QED) is 0.734. The van der Waals surface area contributed by atoms with E-state index in [1.165, 1.54) is 31.2 Å². The summed E-state index contributed by atoms with van der Waals surface area (Å²) in [6.45, 7) is 3.65. The van der Waals surface area contributed by atoms with Gasteiger partial charge in [0.1, 0.15) is 6.10 Å². The molecule has 1 saturated heterocycles. The molecule has 0 atom stereocenters. The number of urea groups is 1. The minimum absolute atomic E-state index is 0.223. The van der Waals surface area contributed by atoms with Crippen molar-refractivity contribution in [3.05, 3.63) is 53.7 Å². The van der Waals surface area contributed by atoms with Crippen LogP contribution in [-0.4, -0.2) is 35.1 Å². The molecule has 0 bridgehead atoms. The van der Waals surface area contributed by atoms with E-state index >= 15 is 0 Å². The van der Waals surface area contributed by atoms with Crippen LogP contribution < -0.4 is 15.4 Å². The number of nitrogens with zero attached hydrogens (tertiary/aromatic N) is 2. The maximum atomic E-state index is 12.4. The van der Waals surface area contributed by atoms with Crippen molar-refractivity contribution in [3.8, 4) is 5.88 Å². The van der Waals surface area contributed by atoms with Gasteiger partial charge in [-0.1, -0.05) is 18.2 Å². The van der Waals surface area contributed by atoms with E-state index < -0.39 is 0 Å². The van der Waals surface area contributed by atoms with Gasteiger partial charge in [-0.05, 0) is 75.4 Å². The number of nitrogens with one attached hydrogen (secondary N) is 2. The van der Waals surface area contributed by atoms with Gasteiger partial charge in [-0.15, -0.1) is 0 Å². The van der Waals surface area contributed by atoms with Crippen LogP contribution in [0.4, 0.5) is 10.5 Å². The zero-order chi connectivity index (χ0) is 19.9. The van der Waals surface area contributed by atoms with Gasteiger partial charge < -0.3 is 15.4 Å². The first-order chi connectivity index (χ1) is 14.3. The summed E-state index contributed by atoms with van der Waals surface area (Å²) in [5.41, 5.74) is 2.94. The summed E-state index contributed by atoms with van der Waals surface area (Å²) in [6.07, 6.45) is 9.13. The normalized spacial score (nSPS) is 17.4. The van der Waals surface area contributed by atoms with Crippen molar-refractivity contribution in [2.24, 2.45) is 0 Å². The topological polar surface area (TPSA) is 66.5 Å². The zero-order valence-corrected chi connectivity index (χ0v) is 16.9. The third kappa shape index (κ3) is 5.70. The number of rotatable bonds is 7. The molecule has 2 aromatic rings. The summed E-state index contributed by atoms with van der Waals surface area (Å²) in [4.78, 5) is 19.2. The predicted molar refractivity (Wildman–Crippen MR) is 114 cm³/mol. The lowest BCUT2D eigenvalue weighted by atomic mass is 10.2. The van der Waals surface area contributed by atoms with Crippen molar-refractivity contribution in [3.63, 3.8) is 0 Å². The standard InChI is InChI=1S/C23H30N4O2/c28-23(26-20-9-5-7-18(15-20)17-27-13-3-4-14-27)25-16-19-8-6-12-24-22(19)29-21-10-1-2-11-21/h5-9,12,15,21H,1-4,10-11,13-14,16-17H2,(H2,25,26,28). The van der Waals surface area contributed by atoms with Crippen molar-refractivity contribution < 1.29 is 9.53 Å². The number of benzene rings is 1. The summed E-state index contributed by atoms with van der Waals surface area (Å²) in [7, 11) is 0. The lowest BCUT2D eigenvalue weighted by Gasteiger charge is -2.16. The van der Waals surface area contributed by atoms with Crippen LogP contribution >= 0.6 is 0 Å². The van der Waals surface area contributed by atoms with Crippen LogP contribution in [0.25, 0.3) is 0 Å². The van der Waals surface area contributed by atoms with Gasteiger partial charge in [-0.25, -0.2) is 9.78 Å². The molecule has 2 N–H and O–H groups in total. The second kappa shape index (κ2) is 9.74. The van der Waals surface area contributed by atoms with E-state index in [4.69, 9.17) is 4.74 Å². The van der Waals surface area contributed by atoms with Crippen molar-refractivity contribution in [1.82, 2.24) is 15.2 Å². The van der Waals surface area contributed by atoms with Crippen LogP contribution in [0.2, 0.25) is 0 Å². The Morgan fingerprint density at radius 1 is 1.10 bits per heavy atom. The van der Waals surface area contributed by atoms with Crippen LogP contribution in [0.5, 0.6) is 5.88 Å². The molecule has 4 rings (SSSR count). The lowest BCUT2D eigenvalue weighted by molar-refractivity contribution is 0.199. The van der Waals surface area contributed by atoms with E-state index in [-0.39, 0.29) is 12.1 Å². The molecule has 154 valence electrons. The Morgan fingerprint density at radius 2 is 1.93 bits per heavy atom. The van der Waals surface area contributed by atoms with Crippen molar-refractivity contribution >= 4 is 11.7 Å². The van der Waals surface area contributed by atoms with E-state index in [1.807, 2.05) is 24.3 Å². The number of carbonyl (C=O) groups excluding carboxylic acids is 1. The second-order valence-electron chi connectivity index (χ2n) is 7.98. The molecule has 0 radical (unpaired) electrons. The van der Waals surface area contributed by atoms with E-state index in [9.17, 15) is 4.79 Å². The van der Waals surface area contributed by atoms with Gasteiger partial charge in [0.25, 0.3) is 0 Å². The van der Waals surface area contributed by atoms with Crippen LogP contribution in [0.15, 0.2) is 42.6 Å². The van der Waals surface area contributed by atoms with Crippen LogP contribution in [0.3, 0.4) is 0 Å². The number of carbonyl (C=O) groups is 1. The monoisotopic (exact) mass is 394 g/mol. The molecule has 2 fully saturated rings. The first-order valence-corrected chi connectivity index (χ1v) is 10.7. The highest BCUT2D eigenvalue weighted by molar-refractivity contribution is 5.89. The molecule has 1 aliphatic heterocycles. The maximum Gasteiger partial charge on any atom is 0.319 e. The smallest absolute Gasteiger partial charge is 0.319 e. The van der Waals surface area contributed by atoms with Gasteiger partial charge in [0.2, 0.25) is 5.88 Å². The molecule has 1 saturated carbocycles. The summed E-state index contributed by atoms with van der Waals surface area (Å²) in [6, 6.07) is 11.7. The van der Waals surface area contributed by atoms with Gasteiger partial charge in [-0.2, -0.15) is 0 Å². The third-order valence-electron chi connectivity index (χ3n) is 5.66. The predicted octanol–water partition coefficient (Wildman–Crippen LogP) is 4.32. The molecular formula is C23H30N4O2. The second-order valence-corrected chi connectivity index (χ2v) is 7.98. The Balaban J connectivity index is 1.30. The Bertz CT molecular complexity index is 814. The summed E-state index contributed by atoms with van der Waals surface area (Å²) in [5, 5.41) is 5.87. The molecular weight excluding hydrogens is 364 g/mol. The fraction of sp³-hybridized carbons (Fsp3) is 0.478. The van der Waals surface area contributed by atoms with Gasteiger partial charge in [-0.3, -0.25) is 4.90 Å². The van der Waals surface area contributed by atoms with Gasteiger partial charge in [0, 0.05) is 30.5 Å². The van der Waals surface area contributed by atoms with E-state index in [0.717, 1.165) is 43.7 Å². The zero-order valence-electron chi connectivity index (χ0n) is 16.9. The highest BCUT2D eigenvalue weighted by Crippen LogP contribution is 2.25. The number of likely N-dealkylation sites (tertiary alicyclic amines) is 1. The molecule has 2 heterocycles. The van der Waals surface area contributed by atoms with Crippen LogP contribution in [0, 0.1) is 0 Å². The van der Waals surface area contributed by atoms with Gasteiger partial charge in [0.05, 0.1) is 0 Å². The lowest BCUT2D eigenvalue weighted by Crippen LogP contribution is -2.28. The first-order valence-electron chi connectivity index (χ1n) is 10.7. The van der Waals surface area contributed by atoms with Gasteiger partial charge in [0.15, 0.2) is 0 Å². The van der Waals surface area contributed by atoms with Crippen LogP contribution in [0.1, 0.15) is 49.7 Å². The third-order valence-corrected chi connectivity index (χ3v) is 5.66. The van der Waals surface area contributed by atoms with Crippen molar-refractivity contribution in [2.45, 2.75) is 57.7 Å². The van der Waals surface area contributed by atoms with E-state index in [1.54, 1.807) is 6.20 Å². The minimum atomic E-state index is -0.223. The Kier molecular flexibility index (Phi) is 6.62. The summed E-state index contributed by atoms with van der Waals surface area (Å²) in [5.74, 6) is 0.632. The van der Waals surface area contributed by atoms with Crippen LogP contribution in [-0.2, 0) is 13.1 Å². The van der Waals surface area contributed by atoms with Gasteiger partial charge >= 0.3 is 6.03 Å². The van der Waals surface area contributed by atoms with E-state index in [2.05, 4.69) is 32.7 Å². The molecule has 6 nitrogen and oxygen atoms in total. The SMILES string of the molecule is O=C(NCc1cccnc1OC1CCCC1)Nc1cccc(CN2CCCC2)c1. The molecule has 29 heavy (non-hydrogen) atoms. The molecule has 2 amide bonds. The Hall–Kier alpha value is -2.60. The Labute approximate surface area is 172 Å². The average Bonchev–Trinajstić information content (AvgIpc) is 3.42. The number of hydrogen-bond donors (Lipinski definition) is 2. The maximum absolute atomic E-state index is 12.4. The summed E-state index contributed by atoms with van der Waals surface area (Å²) >= 11 is 0. The molecule has 0 unspecified atom stereocenters. The minimum Gasteiger partial charge on any atom is -0.474 e. The summed E-state index contributed by atoms with van der Waals surface area (Å²) < 4.78 is 6.05. The average molecular weight is 395 g/mol. The highest BCUT2D eigenvalue weighted by Gasteiger charge is 2.18. The Morgan fingerprint density at radius 3 is 2.76 bits per heavy atom. The molecule has 1 aliphatic carbocycles. The number of hydrogen-bond acceptors (Lipinski definition) is 4. The fourth-order valence-corrected chi connectivity index (χ4v) is 4.13. The largest absolute Gasteiger partial charge is 0.474 e. The van der Waals surface area contributed by atoms with E-state index in [0.29, 0.717) is 12.4 Å². The number of amides is 2. The number of ether oxygens (including phenoxy) is 1. The molecule has 0 spiro atoms. The first kappa shape index (κ1) is 19.7. The molecule has 1 aromatic heterocycles.